The number of para-hydroxylation sites is 2. The van der Waals surface area contributed by atoms with E-state index in [1.807, 2.05) is 35.9 Å². The van der Waals surface area contributed by atoms with Gasteiger partial charge in [-0.25, -0.2) is 4.98 Å². The Bertz CT molecular complexity index is 658. The standard InChI is InChI=1S/C14H15N3OS/c1-3-8-15-14(18)12(19)9-13-16-10-6-4-5-7-11(10)17(13)2/h3-7,9,19H,1,8H2,2H3,(H,15,18)/b12-9-. The number of rotatable bonds is 4. The predicted molar refractivity (Wildman–Crippen MR) is 80.9 cm³/mol. The van der Waals surface area contributed by atoms with E-state index in [4.69, 9.17) is 0 Å². The smallest absolute Gasteiger partial charge is 0.257 e. The molecule has 1 heterocycles. The topological polar surface area (TPSA) is 46.9 Å². The van der Waals surface area contributed by atoms with Crippen LogP contribution >= 0.6 is 12.6 Å². The molecule has 0 atom stereocenters. The van der Waals surface area contributed by atoms with Crippen LogP contribution in [0.25, 0.3) is 17.1 Å². The monoisotopic (exact) mass is 273 g/mol. The van der Waals surface area contributed by atoms with E-state index in [1.54, 1.807) is 12.2 Å². The summed E-state index contributed by atoms with van der Waals surface area (Å²) in [5, 5.41) is 2.67. The van der Waals surface area contributed by atoms with Gasteiger partial charge >= 0.3 is 0 Å². The molecule has 4 nitrogen and oxygen atoms in total. The Morgan fingerprint density at radius 2 is 2.26 bits per heavy atom. The number of amides is 1. The molecule has 98 valence electrons. The van der Waals surface area contributed by atoms with Crippen molar-refractivity contribution in [3.63, 3.8) is 0 Å². The van der Waals surface area contributed by atoms with Gasteiger partial charge in [0, 0.05) is 13.6 Å². The summed E-state index contributed by atoms with van der Waals surface area (Å²) in [6.45, 7) is 3.96. The highest BCUT2D eigenvalue weighted by molar-refractivity contribution is 7.85. The summed E-state index contributed by atoms with van der Waals surface area (Å²) in [7, 11) is 1.91. The van der Waals surface area contributed by atoms with E-state index in [0.29, 0.717) is 17.3 Å². The van der Waals surface area contributed by atoms with Gasteiger partial charge in [0.1, 0.15) is 5.82 Å². The minimum atomic E-state index is -0.240. The van der Waals surface area contributed by atoms with E-state index in [-0.39, 0.29) is 5.91 Å². The van der Waals surface area contributed by atoms with Gasteiger partial charge in [-0.3, -0.25) is 4.79 Å². The van der Waals surface area contributed by atoms with Gasteiger partial charge in [0.05, 0.1) is 15.9 Å². The number of aryl methyl sites for hydroxylation is 1. The number of carbonyl (C=O) groups is 1. The Balaban J connectivity index is 2.32. The molecule has 1 aromatic carbocycles. The van der Waals surface area contributed by atoms with Gasteiger partial charge in [-0.05, 0) is 18.2 Å². The Kier molecular flexibility index (Phi) is 4.06. The van der Waals surface area contributed by atoms with Crippen LogP contribution in [0.1, 0.15) is 5.82 Å². The number of nitrogens with one attached hydrogen (secondary N) is 1. The fourth-order valence-electron chi connectivity index (χ4n) is 1.74. The fourth-order valence-corrected chi connectivity index (χ4v) is 1.93. The molecule has 0 unspecified atom stereocenters. The van der Waals surface area contributed by atoms with Gasteiger partial charge in [-0.2, -0.15) is 0 Å². The van der Waals surface area contributed by atoms with Crippen LogP contribution in [-0.2, 0) is 11.8 Å². The molecule has 1 aromatic heterocycles. The lowest BCUT2D eigenvalue weighted by molar-refractivity contribution is -0.116. The Morgan fingerprint density at radius 3 is 2.95 bits per heavy atom. The minimum Gasteiger partial charge on any atom is -0.348 e. The quantitative estimate of drug-likeness (QED) is 0.509. The number of hydrogen-bond acceptors (Lipinski definition) is 3. The summed E-state index contributed by atoms with van der Waals surface area (Å²) >= 11 is 4.20. The molecular weight excluding hydrogens is 258 g/mol. The normalized spacial score (nSPS) is 11.6. The molecule has 19 heavy (non-hydrogen) atoms. The van der Waals surface area contributed by atoms with Crippen LogP contribution < -0.4 is 5.32 Å². The highest BCUT2D eigenvalue weighted by Gasteiger charge is 2.08. The Hall–Kier alpha value is -2.01. The van der Waals surface area contributed by atoms with Gasteiger partial charge in [-0.1, -0.05) is 18.2 Å². The van der Waals surface area contributed by atoms with E-state index in [9.17, 15) is 4.79 Å². The molecule has 0 fully saturated rings. The molecule has 2 rings (SSSR count). The van der Waals surface area contributed by atoms with Crippen LogP contribution in [-0.4, -0.2) is 22.0 Å². The van der Waals surface area contributed by atoms with Crippen LogP contribution in [0, 0.1) is 0 Å². The lowest BCUT2D eigenvalue weighted by Crippen LogP contribution is -2.23. The predicted octanol–water partition coefficient (Wildman–Crippen LogP) is 2.15. The zero-order valence-electron chi connectivity index (χ0n) is 10.6. The number of fused-ring (bicyclic) bond motifs is 1. The van der Waals surface area contributed by atoms with Gasteiger partial charge in [-0.15, -0.1) is 19.2 Å². The third-order valence-electron chi connectivity index (χ3n) is 2.73. The van der Waals surface area contributed by atoms with Crippen LogP contribution in [0.15, 0.2) is 41.8 Å². The molecule has 1 N–H and O–H groups in total. The molecule has 0 aliphatic carbocycles. The van der Waals surface area contributed by atoms with E-state index in [2.05, 4.69) is 29.5 Å². The summed E-state index contributed by atoms with van der Waals surface area (Å²) in [4.78, 5) is 16.5. The maximum absolute atomic E-state index is 11.7. The first-order valence-corrected chi connectivity index (χ1v) is 6.29. The third kappa shape index (κ3) is 2.88. The number of nitrogens with zero attached hydrogens (tertiary/aromatic N) is 2. The van der Waals surface area contributed by atoms with Crippen molar-refractivity contribution in [3.8, 4) is 0 Å². The molecule has 1 amide bonds. The molecule has 0 spiro atoms. The molecule has 5 heteroatoms. The van der Waals surface area contributed by atoms with Crippen LogP contribution in [0.3, 0.4) is 0 Å². The molecule has 0 bridgehead atoms. The highest BCUT2D eigenvalue weighted by Crippen LogP contribution is 2.17. The van der Waals surface area contributed by atoms with Gasteiger partial charge in [0.25, 0.3) is 5.91 Å². The summed E-state index contributed by atoms with van der Waals surface area (Å²) in [6, 6.07) is 7.80. The second kappa shape index (κ2) is 5.75. The number of aromatic nitrogens is 2. The second-order valence-electron chi connectivity index (χ2n) is 4.05. The number of benzene rings is 1. The average Bonchev–Trinajstić information content (AvgIpc) is 2.73. The van der Waals surface area contributed by atoms with Crippen LogP contribution in [0.2, 0.25) is 0 Å². The van der Waals surface area contributed by atoms with Crippen molar-refractivity contribution >= 4 is 35.6 Å². The summed E-state index contributed by atoms with van der Waals surface area (Å²) < 4.78 is 1.92. The van der Waals surface area contributed by atoms with Crippen LogP contribution in [0.4, 0.5) is 0 Å². The SMILES string of the molecule is C=CCNC(=O)/C(S)=C/c1nc2ccccc2n1C. The lowest BCUT2D eigenvalue weighted by Gasteiger charge is -2.02. The minimum absolute atomic E-state index is 0.240. The van der Waals surface area contributed by atoms with Crippen molar-refractivity contribution in [2.75, 3.05) is 6.54 Å². The zero-order valence-corrected chi connectivity index (χ0v) is 11.5. The van der Waals surface area contributed by atoms with Gasteiger partial charge < -0.3 is 9.88 Å². The molecule has 0 aliphatic heterocycles. The lowest BCUT2D eigenvalue weighted by atomic mass is 10.3. The van der Waals surface area contributed by atoms with Crippen molar-refractivity contribution in [1.82, 2.24) is 14.9 Å². The number of hydrogen-bond donors (Lipinski definition) is 2. The maximum Gasteiger partial charge on any atom is 0.257 e. The number of imidazole rings is 1. The average molecular weight is 273 g/mol. The van der Waals surface area contributed by atoms with Crippen molar-refractivity contribution < 1.29 is 4.79 Å². The van der Waals surface area contributed by atoms with Crippen molar-refractivity contribution in [2.24, 2.45) is 7.05 Å². The third-order valence-corrected chi connectivity index (χ3v) is 3.06. The van der Waals surface area contributed by atoms with Crippen molar-refractivity contribution in [3.05, 3.63) is 47.6 Å². The Morgan fingerprint density at radius 1 is 1.53 bits per heavy atom. The first-order valence-electron chi connectivity index (χ1n) is 5.84. The fraction of sp³-hybridized carbons (Fsp3) is 0.143. The van der Waals surface area contributed by atoms with Gasteiger partial charge in [0.2, 0.25) is 0 Å². The largest absolute Gasteiger partial charge is 0.348 e. The van der Waals surface area contributed by atoms with Gasteiger partial charge in [0.15, 0.2) is 0 Å². The molecule has 0 aliphatic rings. The molecule has 0 saturated heterocycles. The highest BCUT2D eigenvalue weighted by atomic mass is 32.1. The van der Waals surface area contributed by atoms with Crippen LogP contribution in [0.5, 0.6) is 0 Å². The van der Waals surface area contributed by atoms with Crippen molar-refractivity contribution in [2.45, 2.75) is 0 Å². The second-order valence-corrected chi connectivity index (χ2v) is 4.53. The summed E-state index contributed by atoms with van der Waals surface area (Å²) in [6.07, 6.45) is 3.27. The maximum atomic E-state index is 11.7. The summed E-state index contributed by atoms with van der Waals surface area (Å²) in [5.74, 6) is 0.454. The first kappa shape index (κ1) is 13.4. The molecule has 0 saturated carbocycles. The van der Waals surface area contributed by atoms with Crippen molar-refractivity contribution in [1.29, 1.82) is 0 Å². The number of thiol groups is 1. The zero-order chi connectivity index (χ0) is 13.8. The van der Waals surface area contributed by atoms with E-state index < -0.39 is 0 Å². The summed E-state index contributed by atoms with van der Waals surface area (Å²) in [5.41, 5.74) is 1.91. The molecule has 0 radical (unpaired) electrons. The number of carbonyl (C=O) groups excluding carboxylic acids is 1. The van der Waals surface area contributed by atoms with E-state index in [1.165, 1.54) is 0 Å². The molecular formula is C14H15N3OS. The Labute approximate surface area is 117 Å². The first-order chi connectivity index (χ1) is 9.13. The van der Waals surface area contributed by atoms with E-state index >= 15 is 0 Å². The molecule has 2 aromatic rings. The van der Waals surface area contributed by atoms with E-state index in [0.717, 1.165) is 11.0 Å².